The molecule has 0 fully saturated rings. The number of hydrogen-bond acceptors (Lipinski definition) is 5. The van der Waals surface area contributed by atoms with E-state index in [0.29, 0.717) is 17.2 Å². The second-order valence-electron chi connectivity index (χ2n) is 4.14. The van der Waals surface area contributed by atoms with E-state index < -0.39 is 6.16 Å². The zero-order valence-electron chi connectivity index (χ0n) is 11.9. The Morgan fingerprint density at radius 1 is 0.952 bits per heavy atom. The molecule has 21 heavy (non-hydrogen) atoms. The van der Waals surface area contributed by atoms with E-state index in [2.05, 4.69) is 0 Å². The number of ether oxygens (including phenoxy) is 4. The third-order valence-electron chi connectivity index (χ3n) is 2.75. The number of para-hydroxylation sites is 1. The first-order valence-electron chi connectivity index (χ1n) is 6.33. The smallest absolute Gasteiger partial charge is 0.493 e. The van der Waals surface area contributed by atoms with Gasteiger partial charge in [-0.2, -0.15) is 0 Å². The van der Waals surface area contributed by atoms with E-state index in [9.17, 15) is 4.79 Å². The SMILES string of the molecule is COc1ccc(COC(=O)Oc2ccccc2)cc1OC. The standard InChI is InChI=1S/C16H16O5/c1-18-14-9-8-12(10-15(14)19-2)11-20-16(17)21-13-6-4-3-5-7-13/h3-10H,11H2,1-2H3. The van der Waals surface area contributed by atoms with Gasteiger partial charge in [-0.05, 0) is 29.8 Å². The lowest BCUT2D eigenvalue weighted by molar-refractivity contribution is 0.0927. The molecule has 0 bridgehead atoms. The van der Waals surface area contributed by atoms with Crippen LogP contribution in [0.4, 0.5) is 4.79 Å². The molecule has 0 aliphatic rings. The predicted octanol–water partition coefficient (Wildman–Crippen LogP) is 3.42. The van der Waals surface area contributed by atoms with Gasteiger partial charge >= 0.3 is 6.16 Å². The Morgan fingerprint density at radius 3 is 2.33 bits per heavy atom. The molecule has 2 aromatic carbocycles. The molecule has 0 heterocycles. The highest BCUT2D eigenvalue weighted by atomic mass is 16.7. The largest absolute Gasteiger partial charge is 0.514 e. The highest BCUT2D eigenvalue weighted by Crippen LogP contribution is 2.27. The van der Waals surface area contributed by atoms with Crippen molar-refractivity contribution < 1.29 is 23.7 Å². The first kappa shape index (κ1) is 14.7. The summed E-state index contributed by atoms with van der Waals surface area (Å²) in [5, 5.41) is 0. The summed E-state index contributed by atoms with van der Waals surface area (Å²) in [6.45, 7) is 0.0893. The predicted molar refractivity (Wildman–Crippen MR) is 76.8 cm³/mol. The molecule has 0 unspecified atom stereocenters. The van der Waals surface area contributed by atoms with Crippen LogP contribution in [0, 0.1) is 0 Å². The van der Waals surface area contributed by atoms with E-state index in [1.165, 1.54) is 0 Å². The van der Waals surface area contributed by atoms with Crippen LogP contribution in [-0.2, 0) is 11.3 Å². The molecular weight excluding hydrogens is 272 g/mol. The molecule has 0 atom stereocenters. The van der Waals surface area contributed by atoms with Crippen molar-refractivity contribution in [3.63, 3.8) is 0 Å². The van der Waals surface area contributed by atoms with E-state index in [-0.39, 0.29) is 6.61 Å². The van der Waals surface area contributed by atoms with Gasteiger partial charge in [-0.3, -0.25) is 0 Å². The molecule has 5 nitrogen and oxygen atoms in total. The van der Waals surface area contributed by atoms with Crippen LogP contribution in [0.5, 0.6) is 17.2 Å². The monoisotopic (exact) mass is 288 g/mol. The lowest BCUT2D eigenvalue weighted by atomic mass is 10.2. The number of hydrogen-bond donors (Lipinski definition) is 0. The summed E-state index contributed by atoms with van der Waals surface area (Å²) in [5.41, 5.74) is 0.776. The first-order valence-corrected chi connectivity index (χ1v) is 6.33. The summed E-state index contributed by atoms with van der Waals surface area (Å²) in [4.78, 5) is 11.6. The number of carbonyl (C=O) groups is 1. The van der Waals surface area contributed by atoms with E-state index in [1.807, 2.05) is 6.07 Å². The van der Waals surface area contributed by atoms with Gasteiger partial charge in [0.25, 0.3) is 0 Å². The molecule has 2 rings (SSSR count). The number of rotatable bonds is 5. The third kappa shape index (κ3) is 4.14. The van der Waals surface area contributed by atoms with Gasteiger partial charge < -0.3 is 18.9 Å². The topological polar surface area (TPSA) is 54.0 Å². The van der Waals surface area contributed by atoms with Gasteiger partial charge in [-0.25, -0.2) is 4.79 Å². The van der Waals surface area contributed by atoms with E-state index >= 15 is 0 Å². The fourth-order valence-electron chi connectivity index (χ4n) is 1.73. The number of methoxy groups -OCH3 is 2. The van der Waals surface area contributed by atoms with Crippen LogP contribution in [-0.4, -0.2) is 20.4 Å². The van der Waals surface area contributed by atoms with Gasteiger partial charge in [0.2, 0.25) is 0 Å². The van der Waals surface area contributed by atoms with E-state index in [4.69, 9.17) is 18.9 Å². The summed E-state index contributed by atoms with van der Waals surface area (Å²) in [5.74, 6) is 1.64. The zero-order valence-corrected chi connectivity index (χ0v) is 11.9. The highest BCUT2D eigenvalue weighted by Gasteiger charge is 2.08. The normalized spacial score (nSPS) is 9.81. The van der Waals surface area contributed by atoms with Crippen molar-refractivity contribution in [3.8, 4) is 17.2 Å². The third-order valence-corrected chi connectivity index (χ3v) is 2.75. The van der Waals surface area contributed by atoms with Crippen LogP contribution >= 0.6 is 0 Å². The van der Waals surface area contributed by atoms with Crippen LogP contribution in [0.3, 0.4) is 0 Å². The minimum absolute atomic E-state index is 0.0893. The fraction of sp³-hybridized carbons (Fsp3) is 0.188. The molecule has 0 saturated carbocycles. The van der Waals surface area contributed by atoms with Gasteiger partial charge in [-0.1, -0.05) is 24.3 Å². The molecule has 0 aliphatic heterocycles. The Kier molecular flexibility index (Phi) is 5.04. The maximum absolute atomic E-state index is 11.6. The fourth-order valence-corrected chi connectivity index (χ4v) is 1.73. The van der Waals surface area contributed by atoms with Crippen LogP contribution in [0.15, 0.2) is 48.5 Å². The van der Waals surface area contributed by atoms with Crippen LogP contribution in [0.1, 0.15) is 5.56 Å². The summed E-state index contributed by atoms with van der Waals surface area (Å²) in [7, 11) is 3.11. The molecule has 0 aromatic heterocycles. The summed E-state index contributed by atoms with van der Waals surface area (Å²) >= 11 is 0. The van der Waals surface area contributed by atoms with Crippen molar-refractivity contribution in [3.05, 3.63) is 54.1 Å². The quantitative estimate of drug-likeness (QED) is 0.623. The highest BCUT2D eigenvalue weighted by molar-refractivity contribution is 5.63. The Bertz CT molecular complexity index is 595. The zero-order chi connectivity index (χ0) is 15.1. The molecule has 0 aliphatic carbocycles. The maximum atomic E-state index is 11.6. The van der Waals surface area contributed by atoms with Gasteiger partial charge in [0, 0.05) is 0 Å². The minimum Gasteiger partial charge on any atom is -0.493 e. The van der Waals surface area contributed by atoms with Crippen molar-refractivity contribution in [1.82, 2.24) is 0 Å². The van der Waals surface area contributed by atoms with Gasteiger partial charge in [0.1, 0.15) is 12.4 Å². The molecular formula is C16H16O5. The Morgan fingerprint density at radius 2 is 1.67 bits per heavy atom. The van der Waals surface area contributed by atoms with Gasteiger partial charge in [-0.15, -0.1) is 0 Å². The average molecular weight is 288 g/mol. The van der Waals surface area contributed by atoms with Gasteiger partial charge in [0.15, 0.2) is 11.5 Å². The number of carbonyl (C=O) groups excluding carboxylic acids is 1. The van der Waals surface area contributed by atoms with Crippen LogP contribution < -0.4 is 14.2 Å². The second kappa shape index (κ2) is 7.19. The van der Waals surface area contributed by atoms with Crippen LogP contribution in [0.25, 0.3) is 0 Å². The van der Waals surface area contributed by atoms with Crippen molar-refractivity contribution in [1.29, 1.82) is 0 Å². The number of benzene rings is 2. The average Bonchev–Trinajstić information content (AvgIpc) is 2.53. The Hall–Kier alpha value is -2.69. The van der Waals surface area contributed by atoms with Crippen molar-refractivity contribution in [2.75, 3.05) is 14.2 Å². The first-order chi connectivity index (χ1) is 10.2. The van der Waals surface area contributed by atoms with Crippen molar-refractivity contribution >= 4 is 6.16 Å². The summed E-state index contributed by atoms with van der Waals surface area (Å²) in [6, 6.07) is 14.0. The molecule has 0 saturated heterocycles. The Labute approximate surface area is 123 Å². The molecule has 2 aromatic rings. The van der Waals surface area contributed by atoms with E-state index in [0.717, 1.165) is 5.56 Å². The molecule has 0 amide bonds. The second-order valence-corrected chi connectivity index (χ2v) is 4.14. The molecule has 0 N–H and O–H groups in total. The minimum atomic E-state index is -0.754. The molecule has 0 spiro atoms. The molecule has 5 heteroatoms. The molecule has 0 radical (unpaired) electrons. The Balaban J connectivity index is 1.92. The van der Waals surface area contributed by atoms with Crippen molar-refractivity contribution in [2.24, 2.45) is 0 Å². The van der Waals surface area contributed by atoms with Crippen molar-refractivity contribution in [2.45, 2.75) is 6.61 Å². The summed E-state index contributed by atoms with van der Waals surface area (Å²) < 4.78 is 20.4. The van der Waals surface area contributed by atoms with Gasteiger partial charge in [0.05, 0.1) is 14.2 Å². The summed E-state index contributed by atoms with van der Waals surface area (Å²) in [6.07, 6.45) is -0.754. The molecule has 110 valence electrons. The lowest BCUT2D eigenvalue weighted by Gasteiger charge is -2.10. The van der Waals surface area contributed by atoms with E-state index in [1.54, 1.807) is 56.7 Å². The van der Waals surface area contributed by atoms with Crippen LogP contribution in [0.2, 0.25) is 0 Å². The lowest BCUT2D eigenvalue weighted by Crippen LogP contribution is -2.10. The maximum Gasteiger partial charge on any atom is 0.514 e.